The molecule has 0 aromatic carbocycles. The van der Waals surface area contributed by atoms with Gasteiger partial charge in [0, 0.05) is 37.1 Å². The second-order valence-electron chi connectivity index (χ2n) is 4.31. The molecule has 2 rings (SSSR count). The highest BCUT2D eigenvalue weighted by molar-refractivity contribution is 5.91. The lowest BCUT2D eigenvalue weighted by Gasteiger charge is -2.28. The molecule has 1 fully saturated rings. The van der Waals surface area contributed by atoms with E-state index >= 15 is 0 Å². The van der Waals surface area contributed by atoms with Crippen LogP contribution in [0.1, 0.15) is 12.8 Å². The molecule has 98 valence electrons. The molecule has 0 bridgehead atoms. The number of anilines is 1. The van der Waals surface area contributed by atoms with Crippen molar-refractivity contribution in [3.63, 3.8) is 0 Å². The van der Waals surface area contributed by atoms with Crippen LogP contribution in [0.5, 0.6) is 0 Å². The highest BCUT2D eigenvalue weighted by atomic mass is 16.5. The zero-order valence-electron chi connectivity index (χ0n) is 9.94. The minimum absolute atomic E-state index is 0.164. The Hall–Kier alpha value is -1.86. The maximum Gasteiger partial charge on any atom is 0.249 e. The van der Waals surface area contributed by atoms with Gasteiger partial charge in [-0.2, -0.15) is 5.06 Å². The van der Waals surface area contributed by atoms with Gasteiger partial charge in [0.2, 0.25) is 5.56 Å². The van der Waals surface area contributed by atoms with Crippen molar-refractivity contribution in [2.24, 2.45) is 0 Å². The van der Waals surface area contributed by atoms with E-state index in [0.29, 0.717) is 18.8 Å². The van der Waals surface area contributed by atoms with Gasteiger partial charge in [-0.15, -0.1) is 0 Å². The molecule has 5 N–H and O–H groups in total. The number of hydrogen-bond donors (Lipinski definition) is 5. The van der Waals surface area contributed by atoms with Crippen molar-refractivity contribution in [1.82, 2.24) is 15.4 Å². The number of piperidine rings is 1. The van der Waals surface area contributed by atoms with Crippen LogP contribution in [-0.2, 0) is 0 Å². The third-order valence-corrected chi connectivity index (χ3v) is 2.86. The molecule has 7 nitrogen and oxygen atoms in total. The Bertz CT molecular complexity index is 465. The van der Waals surface area contributed by atoms with Crippen LogP contribution in [0.4, 0.5) is 5.69 Å². The highest BCUT2D eigenvalue weighted by Gasteiger charge is 2.18. The summed E-state index contributed by atoms with van der Waals surface area (Å²) >= 11 is 0. The lowest BCUT2D eigenvalue weighted by atomic mass is 10.1. The first-order valence-electron chi connectivity index (χ1n) is 5.88. The average molecular weight is 251 g/mol. The van der Waals surface area contributed by atoms with E-state index in [2.05, 4.69) is 15.6 Å². The molecule has 18 heavy (non-hydrogen) atoms. The molecule has 0 saturated carbocycles. The van der Waals surface area contributed by atoms with Crippen LogP contribution in [0.2, 0.25) is 0 Å². The Kier molecular flexibility index (Phi) is 3.96. The van der Waals surface area contributed by atoms with Gasteiger partial charge in [0.1, 0.15) is 0 Å². The van der Waals surface area contributed by atoms with E-state index in [-0.39, 0.29) is 17.6 Å². The van der Waals surface area contributed by atoms with Crippen LogP contribution in [0, 0.1) is 5.41 Å². The Morgan fingerprint density at radius 1 is 1.50 bits per heavy atom. The number of hydrogen-bond acceptors (Lipinski definition) is 4. The minimum Gasteiger partial charge on any atom is -0.353 e. The number of H-pyrrole nitrogens is 1. The lowest BCUT2D eigenvalue weighted by molar-refractivity contribution is -0.107. The van der Waals surface area contributed by atoms with Crippen molar-refractivity contribution in [2.45, 2.75) is 18.9 Å². The molecule has 0 aliphatic carbocycles. The Morgan fingerprint density at radius 2 is 2.22 bits per heavy atom. The third kappa shape index (κ3) is 3.57. The summed E-state index contributed by atoms with van der Waals surface area (Å²) in [6, 6.07) is 3.26. The van der Waals surface area contributed by atoms with Gasteiger partial charge in [-0.3, -0.25) is 10.2 Å². The molecule has 7 heteroatoms. The van der Waals surface area contributed by atoms with Gasteiger partial charge in [0.15, 0.2) is 5.96 Å². The fraction of sp³-hybridized carbons (Fsp3) is 0.455. The van der Waals surface area contributed by atoms with E-state index < -0.39 is 0 Å². The van der Waals surface area contributed by atoms with Crippen molar-refractivity contribution in [1.29, 1.82) is 5.41 Å². The molecule has 0 radical (unpaired) electrons. The zero-order valence-corrected chi connectivity index (χ0v) is 9.94. The van der Waals surface area contributed by atoms with E-state index in [4.69, 9.17) is 5.41 Å². The number of hydroxylamine groups is 2. The van der Waals surface area contributed by atoms with E-state index in [1.54, 1.807) is 6.07 Å². The molecule has 0 unspecified atom stereocenters. The molecule has 1 aliphatic rings. The summed E-state index contributed by atoms with van der Waals surface area (Å²) < 4.78 is 0. The molecule has 1 aromatic rings. The maximum atomic E-state index is 11.1. The molecular weight excluding hydrogens is 234 g/mol. The molecule has 1 saturated heterocycles. The molecule has 0 amide bonds. The monoisotopic (exact) mass is 251 g/mol. The Labute approximate surface area is 104 Å². The largest absolute Gasteiger partial charge is 0.353 e. The topological polar surface area (TPSA) is 104 Å². The van der Waals surface area contributed by atoms with Gasteiger partial charge in [-0.25, -0.2) is 0 Å². The first-order chi connectivity index (χ1) is 8.63. The Balaban J connectivity index is 1.83. The van der Waals surface area contributed by atoms with Gasteiger partial charge in [0.25, 0.3) is 0 Å². The summed E-state index contributed by atoms with van der Waals surface area (Å²) in [5.74, 6) is 0.164. The van der Waals surface area contributed by atoms with Gasteiger partial charge in [0.05, 0.1) is 0 Å². The zero-order chi connectivity index (χ0) is 13.0. The normalized spacial score (nSPS) is 17.4. The van der Waals surface area contributed by atoms with Gasteiger partial charge in [-0.05, 0) is 18.9 Å². The number of nitrogens with zero attached hydrogens (tertiary/aromatic N) is 1. The van der Waals surface area contributed by atoms with Crippen LogP contribution in [0.3, 0.4) is 0 Å². The number of rotatable bonds is 2. The molecule has 1 aromatic heterocycles. The summed E-state index contributed by atoms with van der Waals surface area (Å²) in [6.07, 6.45) is 3.11. The summed E-state index contributed by atoms with van der Waals surface area (Å²) in [5.41, 5.74) is 0.372. The van der Waals surface area contributed by atoms with Crippen molar-refractivity contribution >= 4 is 11.6 Å². The number of aromatic nitrogens is 1. The number of guanidine groups is 1. The van der Waals surface area contributed by atoms with E-state index in [0.717, 1.165) is 12.8 Å². The third-order valence-electron chi connectivity index (χ3n) is 2.86. The van der Waals surface area contributed by atoms with Gasteiger partial charge >= 0.3 is 0 Å². The van der Waals surface area contributed by atoms with Crippen LogP contribution in [-0.4, -0.2) is 40.3 Å². The molecular formula is C11H17N5O2. The summed E-state index contributed by atoms with van der Waals surface area (Å²) in [6.45, 7) is 1.21. The second kappa shape index (κ2) is 5.65. The number of pyridine rings is 1. The molecule has 0 spiro atoms. The summed E-state index contributed by atoms with van der Waals surface area (Å²) in [4.78, 5) is 13.6. The minimum atomic E-state index is -0.207. The second-order valence-corrected chi connectivity index (χ2v) is 4.31. The van der Waals surface area contributed by atoms with Crippen LogP contribution in [0.25, 0.3) is 0 Å². The van der Waals surface area contributed by atoms with Gasteiger partial charge < -0.3 is 20.8 Å². The lowest BCUT2D eigenvalue weighted by Crippen LogP contribution is -2.45. The fourth-order valence-corrected chi connectivity index (χ4v) is 1.92. The highest BCUT2D eigenvalue weighted by Crippen LogP contribution is 2.08. The standard InChI is InChI=1S/C11H17N5O2/c12-11(14-8-2-5-16(18)6-3-8)15-9-1-4-13-10(17)7-9/h1,4,7-8,18H,2-3,5-6H2,(H4,12,13,14,15,17). The molecule has 0 atom stereocenters. The number of aromatic amines is 1. The number of nitrogens with one attached hydrogen (secondary N) is 4. The van der Waals surface area contributed by atoms with E-state index in [1.807, 2.05) is 0 Å². The van der Waals surface area contributed by atoms with Gasteiger partial charge in [-0.1, -0.05) is 0 Å². The molecule has 1 aliphatic heterocycles. The Morgan fingerprint density at radius 3 is 2.89 bits per heavy atom. The summed E-state index contributed by atoms with van der Waals surface area (Å²) in [7, 11) is 0. The fourth-order valence-electron chi connectivity index (χ4n) is 1.92. The maximum absolute atomic E-state index is 11.1. The first kappa shape index (κ1) is 12.6. The van der Waals surface area contributed by atoms with Crippen molar-refractivity contribution in [2.75, 3.05) is 18.4 Å². The molecule has 2 heterocycles. The van der Waals surface area contributed by atoms with E-state index in [1.165, 1.54) is 17.3 Å². The average Bonchev–Trinajstić information content (AvgIpc) is 2.32. The predicted molar refractivity (Wildman–Crippen MR) is 67.9 cm³/mol. The first-order valence-corrected chi connectivity index (χ1v) is 5.88. The smallest absolute Gasteiger partial charge is 0.249 e. The van der Waals surface area contributed by atoms with Crippen LogP contribution >= 0.6 is 0 Å². The quantitative estimate of drug-likeness (QED) is 0.380. The summed E-state index contributed by atoms with van der Waals surface area (Å²) in [5, 5.41) is 24.1. The SMILES string of the molecule is N=C(Nc1cc[nH]c(=O)c1)NC1CCN(O)CC1. The van der Waals surface area contributed by atoms with Crippen LogP contribution < -0.4 is 16.2 Å². The predicted octanol–water partition coefficient (Wildman–Crippen LogP) is 0.165. The van der Waals surface area contributed by atoms with E-state index in [9.17, 15) is 10.0 Å². The van der Waals surface area contributed by atoms with Crippen molar-refractivity contribution in [3.05, 3.63) is 28.7 Å². The van der Waals surface area contributed by atoms with Crippen molar-refractivity contribution < 1.29 is 5.21 Å². The van der Waals surface area contributed by atoms with Crippen molar-refractivity contribution in [3.8, 4) is 0 Å². The van der Waals surface area contributed by atoms with Crippen LogP contribution in [0.15, 0.2) is 23.1 Å².